The van der Waals surface area contributed by atoms with Gasteiger partial charge in [0.25, 0.3) is 0 Å². The largest absolute Gasteiger partial charge is 0.422 e. The van der Waals surface area contributed by atoms with Crippen molar-refractivity contribution in [2.24, 2.45) is 5.92 Å². The quantitative estimate of drug-likeness (QED) is 0.585. The summed E-state index contributed by atoms with van der Waals surface area (Å²) in [6.07, 6.45) is 3.79. The van der Waals surface area contributed by atoms with Crippen molar-refractivity contribution in [3.05, 3.63) is 108 Å². The minimum Gasteiger partial charge on any atom is -0.410 e. The van der Waals surface area contributed by atoms with E-state index in [-0.39, 0.29) is 17.9 Å². The standard InChI is InChI=1S/C25H21NO3/c27-24-22(18-20-12-6-2-7-13-20)23(17-16-19-10-4-1-5-11-19)26(24)25(28)29-21-14-8-3-9-15-21/h1-17,22-23H,18H2. The number of para-hydroxylation sites is 1. The van der Waals surface area contributed by atoms with Gasteiger partial charge in [-0.15, -0.1) is 0 Å². The van der Waals surface area contributed by atoms with Crippen molar-refractivity contribution < 1.29 is 14.3 Å². The number of benzene rings is 3. The van der Waals surface area contributed by atoms with Crippen LogP contribution in [0.15, 0.2) is 97.1 Å². The van der Waals surface area contributed by atoms with Crippen molar-refractivity contribution in [2.45, 2.75) is 12.5 Å². The Hall–Kier alpha value is -3.66. The first-order chi connectivity index (χ1) is 14.2. The molecule has 0 spiro atoms. The fraction of sp³-hybridized carbons (Fsp3) is 0.120. The van der Waals surface area contributed by atoms with Crippen molar-refractivity contribution in [2.75, 3.05) is 0 Å². The highest BCUT2D eigenvalue weighted by Gasteiger charge is 2.50. The summed E-state index contributed by atoms with van der Waals surface area (Å²) < 4.78 is 5.40. The van der Waals surface area contributed by atoms with E-state index in [1.165, 1.54) is 4.90 Å². The highest BCUT2D eigenvalue weighted by Crippen LogP contribution is 2.32. The molecule has 0 saturated carbocycles. The molecule has 4 rings (SSSR count). The molecule has 29 heavy (non-hydrogen) atoms. The van der Waals surface area contributed by atoms with Gasteiger partial charge in [-0.2, -0.15) is 0 Å². The SMILES string of the molecule is O=C(Oc1ccccc1)N1C(=O)C(Cc2ccccc2)C1C=Cc1ccccc1. The van der Waals surface area contributed by atoms with E-state index in [0.717, 1.165) is 11.1 Å². The number of imide groups is 1. The molecule has 1 heterocycles. The van der Waals surface area contributed by atoms with Gasteiger partial charge in [-0.25, -0.2) is 9.69 Å². The first kappa shape index (κ1) is 18.7. The number of rotatable bonds is 5. The van der Waals surface area contributed by atoms with Crippen molar-refractivity contribution >= 4 is 18.1 Å². The third-order valence-electron chi connectivity index (χ3n) is 4.99. The van der Waals surface area contributed by atoms with Crippen molar-refractivity contribution in [1.82, 2.24) is 4.90 Å². The molecule has 1 saturated heterocycles. The number of carbonyl (C=O) groups is 2. The molecule has 3 aromatic carbocycles. The van der Waals surface area contributed by atoms with E-state index in [4.69, 9.17) is 4.74 Å². The van der Waals surface area contributed by atoms with E-state index in [2.05, 4.69) is 0 Å². The van der Waals surface area contributed by atoms with Gasteiger partial charge in [0.15, 0.2) is 0 Å². The van der Waals surface area contributed by atoms with E-state index in [1.54, 1.807) is 24.3 Å². The molecule has 0 radical (unpaired) electrons. The number of β-lactam (4-membered cyclic amide) rings is 1. The van der Waals surface area contributed by atoms with E-state index in [0.29, 0.717) is 12.2 Å². The van der Waals surface area contributed by atoms with Gasteiger partial charge >= 0.3 is 6.09 Å². The number of nitrogens with zero attached hydrogens (tertiary/aromatic N) is 1. The van der Waals surface area contributed by atoms with Crippen LogP contribution in [0.25, 0.3) is 6.08 Å². The van der Waals surface area contributed by atoms with Gasteiger partial charge < -0.3 is 4.74 Å². The Labute approximate surface area is 170 Å². The third kappa shape index (κ3) is 4.27. The smallest absolute Gasteiger partial charge is 0.410 e. The Morgan fingerprint density at radius 1 is 0.862 bits per heavy atom. The van der Waals surface area contributed by atoms with Crippen molar-refractivity contribution in [3.8, 4) is 5.75 Å². The summed E-state index contributed by atoms with van der Waals surface area (Å²) in [5, 5.41) is 0. The lowest BCUT2D eigenvalue weighted by atomic mass is 9.82. The van der Waals surface area contributed by atoms with Gasteiger partial charge in [0, 0.05) is 0 Å². The van der Waals surface area contributed by atoms with Gasteiger partial charge in [-0.1, -0.05) is 91.0 Å². The Kier molecular flexibility index (Phi) is 5.52. The van der Waals surface area contributed by atoms with Gasteiger partial charge in [0.05, 0.1) is 12.0 Å². The van der Waals surface area contributed by atoms with E-state index < -0.39 is 6.09 Å². The Bertz CT molecular complexity index is 1000. The summed E-state index contributed by atoms with van der Waals surface area (Å²) in [6.45, 7) is 0. The second kappa shape index (κ2) is 8.57. The molecular formula is C25H21NO3. The fourth-order valence-corrected chi connectivity index (χ4v) is 3.49. The molecular weight excluding hydrogens is 362 g/mol. The molecule has 1 aliphatic heterocycles. The zero-order valence-electron chi connectivity index (χ0n) is 15.8. The molecule has 2 amide bonds. The molecule has 1 aliphatic rings. The lowest BCUT2D eigenvalue weighted by Gasteiger charge is -2.43. The van der Waals surface area contributed by atoms with Gasteiger partial charge in [0.2, 0.25) is 5.91 Å². The average Bonchev–Trinajstić information content (AvgIpc) is 2.76. The molecule has 2 atom stereocenters. The summed E-state index contributed by atoms with van der Waals surface area (Å²) in [4.78, 5) is 26.7. The molecule has 144 valence electrons. The molecule has 3 aromatic rings. The zero-order chi connectivity index (χ0) is 20.1. The second-order valence-electron chi connectivity index (χ2n) is 6.95. The lowest BCUT2D eigenvalue weighted by Crippen LogP contribution is -2.63. The lowest BCUT2D eigenvalue weighted by molar-refractivity contribution is -0.148. The van der Waals surface area contributed by atoms with E-state index >= 15 is 0 Å². The van der Waals surface area contributed by atoms with Crippen LogP contribution in [-0.2, 0) is 11.2 Å². The summed E-state index contributed by atoms with van der Waals surface area (Å²) in [7, 11) is 0. The Morgan fingerprint density at radius 2 is 1.45 bits per heavy atom. The minimum atomic E-state index is -0.645. The Balaban J connectivity index is 1.55. The van der Waals surface area contributed by atoms with Crippen molar-refractivity contribution in [3.63, 3.8) is 0 Å². The molecule has 4 nitrogen and oxygen atoms in total. The molecule has 0 bridgehead atoms. The van der Waals surface area contributed by atoms with Crippen LogP contribution in [0.3, 0.4) is 0 Å². The first-order valence-corrected chi connectivity index (χ1v) is 9.59. The Morgan fingerprint density at radius 3 is 2.10 bits per heavy atom. The van der Waals surface area contributed by atoms with Gasteiger partial charge in [-0.05, 0) is 29.7 Å². The maximum absolute atomic E-state index is 12.8. The van der Waals surface area contributed by atoms with Crippen LogP contribution in [0.1, 0.15) is 11.1 Å². The van der Waals surface area contributed by atoms with Crippen LogP contribution >= 0.6 is 0 Å². The van der Waals surface area contributed by atoms with Crippen molar-refractivity contribution in [1.29, 1.82) is 0 Å². The summed E-state index contributed by atoms with van der Waals surface area (Å²) in [5.74, 6) is -0.0826. The minimum absolute atomic E-state index is 0.211. The summed E-state index contributed by atoms with van der Waals surface area (Å²) >= 11 is 0. The highest BCUT2D eigenvalue weighted by molar-refractivity contribution is 6.01. The number of carbonyl (C=O) groups excluding carboxylic acids is 2. The number of amides is 2. The third-order valence-corrected chi connectivity index (χ3v) is 4.99. The summed E-state index contributed by atoms with van der Waals surface area (Å²) in [6, 6.07) is 28.1. The van der Waals surface area contributed by atoms with E-state index in [9.17, 15) is 9.59 Å². The molecule has 4 heteroatoms. The molecule has 1 fully saturated rings. The monoisotopic (exact) mass is 383 g/mol. The summed E-state index contributed by atoms with van der Waals surface area (Å²) in [5.41, 5.74) is 2.08. The number of likely N-dealkylation sites (tertiary alicyclic amines) is 1. The van der Waals surface area contributed by atoms with Crippen LogP contribution in [0.4, 0.5) is 4.79 Å². The van der Waals surface area contributed by atoms with E-state index in [1.807, 2.05) is 78.9 Å². The predicted octanol–water partition coefficient (Wildman–Crippen LogP) is 4.97. The van der Waals surface area contributed by atoms with Crippen LogP contribution in [0.2, 0.25) is 0 Å². The van der Waals surface area contributed by atoms with Crippen LogP contribution in [-0.4, -0.2) is 22.9 Å². The number of ether oxygens (including phenoxy) is 1. The average molecular weight is 383 g/mol. The predicted molar refractivity (Wildman–Crippen MR) is 112 cm³/mol. The molecule has 0 N–H and O–H groups in total. The first-order valence-electron chi connectivity index (χ1n) is 9.59. The maximum Gasteiger partial charge on any atom is 0.422 e. The van der Waals surface area contributed by atoms with Gasteiger partial charge in [0.1, 0.15) is 5.75 Å². The van der Waals surface area contributed by atoms with Gasteiger partial charge in [-0.3, -0.25) is 4.79 Å². The van der Waals surface area contributed by atoms with Crippen LogP contribution in [0.5, 0.6) is 5.75 Å². The fourth-order valence-electron chi connectivity index (χ4n) is 3.49. The maximum atomic E-state index is 12.8. The highest BCUT2D eigenvalue weighted by atomic mass is 16.6. The molecule has 2 unspecified atom stereocenters. The molecule has 0 aromatic heterocycles. The molecule has 0 aliphatic carbocycles. The number of hydrogen-bond acceptors (Lipinski definition) is 3. The van der Waals surface area contributed by atoms with Crippen LogP contribution < -0.4 is 4.74 Å². The second-order valence-corrected chi connectivity index (χ2v) is 6.95. The topological polar surface area (TPSA) is 46.6 Å². The normalized spacial score (nSPS) is 18.5. The number of hydrogen-bond donors (Lipinski definition) is 0. The zero-order valence-corrected chi connectivity index (χ0v) is 15.8. The van der Waals surface area contributed by atoms with Crippen LogP contribution in [0, 0.1) is 5.92 Å².